The Bertz CT molecular complexity index is 1970. The van der Waals surface area contributed by atoms with Crippen molar-refractivity contribution in [2.24, 2.45) is 5.73 Å². The highest BCUT2D eigenvalue weighted by molar-refractivity contribution is 6.02. The molecule has 3 aromatic heterocycles. The van der Waals surface area contributed by atoms with E-state index < -0.39 is 18.2 Å². The monoisotopic (exact) mass is 650 g/mol. The lowest BCUT2D eigenvalue weighted by Crippen LogP contribution is -2.41. The van der Waals surface area contributed by atoms with E-state index in [1.807, 2.05) is 13.0 Å². The van der Waals surface area contributed by atoms with E-state index in [9.17, 15) is 22.8 Å². The van der Waals surface area contributed by atoms with E-state index in [4.69, 9.17) is 31.1 Å². The van der Waals surface area contributed by atoms with Crippen LogP contribution in [0.5, 0.6) is 5.75 Å². The van der Waals surface area contributed by atoms with Gasteiger partial charge >= 0.3 is 18.2 Å². The van der Waals surface area contributed by atoms with Gasteiger partial charge in [0.1, 0.15) is 11.0 Å². The fourth-order valence-corrected chi connectivity index (χ4v) is 4.46. The molecule has 0 bridgehead atoms. The maximum absolute atomic E-state index is 13.3. The zero-order chi connectivity index (χ0) is 33.7. The molecule has 5 N–H and O–H groups in total. The Morgan fingerprint density at radius 1 is 1.15 bits per heavy atom. The highest BCUT2D eigenvalue weighted by atomic mass is 19.4. The summed E-state index contributed by atoms with van der Waals surface area (Å²) in [6, 6.07) is 11.7. The van der Waals surface area contributed by atoms with Crippen molar-refractivity contribution in [2.75, 3.05) is 29.3 Å². The van der Waals surface area contributed by atoms with Crippen LogP contribution in [0, 0.1) is 11.3 Å². The lowest BCUT2D eigenvalue weighted by Gasteiger charge is -2.22. The first-order valence-corrected chi connectivity index (χ1v) is 13.9. The highest BCUT2D eigenvalue weighted by Gasteiger charge is 2.44. The number of alkyl halides is 3. The van der Waals surface area contributed by atoms with Gasteiger partial charge in [-0.2, -0.15) is 18.4 Å². The molecule has 0 spiro atoms. The summed E-state index contributed by atoms with van der Waals surface area (Å²) in [4.78, 5) is 38.9. The Labute approximate surface area is 263 Å². The number of hydrogen-bond donors (Lipinski definition) is 3. The number of halogens is 3. The third-order valence-electron chi connectivity index (χ3n) is 6.59. The van der Waals surface area contributed by atoms with Crippen LogP contribution < -0.4 is 26.6 Å². The number of carbonyl (C=O) groups is 2. The molecule has 0 radical (unpaired) electrons. The zero-order valence-electron chi connectivity index (χ0n) is 24.5. The number of rotatable bonds is 9. The second kappa shape index (κ2) is 13.4. The number of fused-ring (bicyclic) bond motifs is 1. The Kier molecular flexibility index (Phi) is 9.19. The second-order valence-electron chi connectivity index (χ2n) is 9.68. The van der Waals surface area contributed by atoms with Crippen LogP contribution in [0.3, 0.4) is 0 Å². The number of imidazole rings is 1. The van der Waals surface area contributed by atoms with Crippen molar-refractivity contribution in [1.29, 1.82) is 5.26 Å². The minimum atomic E-state index is -5.42. The first-order valence-electron chi connectivity index (χ1n) is 13.9. The number of hydrogen-bond acceptors (Lipinski definition) is 12. The van der Waals surface area contributed by atoms with Crippen molar-refractivity contribution < 1.29 is 37.0 Å². The largest absolute Gasteiger partial charge is 0.493 e. The van der Waals surface area contributed by atoms with Gasteiger partial charge in [0.25, 0.3) is 0 Å². The molecule has 5 rings (SSSR count). The SMILES string of the molecule is CCn1c(-c2nonc2N)nc2c(-c3cccc(N(OC(=O)C(F)(F)F)C(=O)Nc4ccc(C#N)cc4)c3)ncc(OCCCN)c21. The molecule has 0 aliphatic rings. The molecule has 0 saturated carbocycles. The molecule has 3 heterocycles. The smallest absolute Gasteiger partial charge is 0.490 e. The summed E-state index contributed by atoms with van der Waals surface area (Å²) in [6.07, 6.45) is -3.42. The van der Waals surface area contributed by atoms with Crippen molar-refractivity contribution in [3.05, 3.63) is 60.3 Å². The molecule has 0 fully saturated rings. The van der Waals surface area contributed by atoms with Gasteiger partial charge in [-0.05, 0) is 66.6 Å². The van der Waals surface area contributed by atoms with Crippen LogP contribution in [0.1, 0.15) is 18.9 Å². The Hall–Kier alpha value is -6.22. The summed E-state index contributed by atoms with van der Waals surface area (Å²) >= 11 is 0. The van der Waals surface area contributed by atoms with Crippen molar-refractivity contribution >= 4 is 40.2 Å². The van der Waals surface area contributed by atoms with Crippen molar-refractivity contribution in [3.63, 3.8) is 0 Å². The molecule has 5 aromatic rings. The molecule has 0 atom stereocenters. The Morgan fingerprint density at radius 3 is 2.55 bits per heavy atom. The van der Waals surface area contributed by atoms with Crippen molar-refractivity contribution in [2.45, 2.75) is 26.1 Å². The van der Waals surface area contributed by atoms with Crippen LogP contribution in [-0.4, -0.2) is 56.2 Å². The molecule has 18 heteroatoms. The van der Waals surface area contributed by atoms with E-state index >= 15 is 0 Å². The number of hydroxylamine groups is 1. The summed E-state index contributed by atoms with van der Waals surface area (Å²) in [5, 5.41) is 19.0. The molecular formula is C29H25F3N10O5. The van der Waals surface area contributed by atoms with Crippen LogP contribution in [0.4, 0.5) is 35.2 Å². The standard InChI is InChI=1S/C29H25F3N10O5/c1-2-41-24-20(45-12-4-11-33)15-36-21(22(24)38-26(41)23-25(35)40-47-39-23)17-5-3-6-19(13-17)42(46-27(43)29(30,31)32)28(44)37-18-9-7-16(14-34)8-10-18/h3,5-10,13,15H,2,4,11-12,33H2,1H3,(H2,35,40)(H,37,44). The molecule has 0 aliphatic heterocycles. The Balaban J connectivity index is 1.61. The molecule has 0 unspecified atom stereocenters. The predicted octanol–water partition coefficient (Wildman–Crippen LogP) is 4.41. The molecule has 242 valence electrons. The number of anilines is 3. The number of nitriles is 1. The normalized spacial score (nSPS) is 11.2. The van der Waals surface area contributed by atoms with Gasteiger partial charge in [-0.1, -0.05) is 12.1 Å². The number of pyridine rings is 1. The Morgan fingerprint density at radius 2 is 1.91 bits per heavy atom. The van der Waals surface area contributed by atoms with Gasteiger partial charge in [0.2, 0.25) is 0 Å². The number of benzene rings is 2. The van der Waals surface area contributed by atoms with Crippen molar-refractivity contribution in [1.82, 2.24) is 24.8 Å². The number of aryl methyl sites for hydroxylation is 1. The van der Waals surface area contributed by atoms with Gasteiger partial charge in [0, 0.05) is 17.8 Å². The number of ether oxygens (including phenoxy) is 1. The summed E-state index contributed by atoms with van der Waals surface area (Å²) < 4.78 is 52.3. The first kappa shape index (κ1) is 32.2. The van der Waals surface area contributed by atoms with Crippen molar-refractivity contribution in [3.8, 4) is 34.6 Å². The van der Waals surface area contributed by atoms with Gasteiger partial charge < -0.3 is 30.9 Å². The lowest BCUT2D eigenvalue weighted by atomic mass is 10.1. The van der Waals surface area contributed by atoms with Crippen LogP contribution in [0.15, 0.2) is 59.4 Å². The summed E-state index contributed by atoms with van der Waals surface area (Å²) in [6.45, 7) is 2.87. The van der Waals surface area contributed by atoms with E-state index in [1.165, 1.54) is 48.7 Å². The molecule has 47 heavy (non-hydrogen) atoms. The third kappa shape index (κ3) is 6.74. The maximum Gasteiger partial charge on any atom is 0.493 e. The quantitative estimate of drug-likeness (QED) is 0.149. The van der Waals surface area contributed by atoms with E-state index in [1.54, 1.807) is 10.6 Å². The van der Waals surface area contributed by atoms with Gasteiger partial charge in [-0.25, -0.2) is 24.2 Å². The fraction of sp³-hybridized carbons (Fsp3) is 0.207. The minimum absolute atomic E-state index is 0.0208. The van der Waals surface area contributed by atoms with Crippen LogP contribution >= 0.6 is 0 Å². The summed E-state index contributed by atoms with van der Waals surface area (Å²) in [7, 11) is 0. The van der Waals surface area contributed by atoms with E-state index in [0.29, 0.717) is 30.8 Å². The summed E-state index contributed by atoms with van der Waals surface area (Å²) in [5.41, 5.74) is 13.2. The van der Waals surface area contributed by atoms with E-state index in [2.05, 4.69) is 25.5 Å². The number of nitrogens with two attached hydrogens (primary N) is 2. The van der Waals surface area contributed by atoms with Gasteiger partial charge in [-0.15, -0.1) is 5.06 Å². The topological polar surface area (TPSA) is 213 Å². The second-order valence-corrected chi connectivity index (χ2v) is 9.68. The number of carbonyl (C=O) groups excluding carboxylic acids is 2. The molecule has 0 aliphatic carbocycles. The lowest BCUT2D eigenvalue weighted by molar-refractivity contribution is -0.199. The number of amides is 2. The third-order valence-corrected chi connectivity index (χ3v) is 6.59. The molecule has 2 aromatic carbocycles. The van der Waals surface area contributed by atoms with Crippen LogP contribution in [0.25, 0.3) is 33.8 Å². The maximum atomic E-state index is 13.3. The van der Waals surface area contributed by atoms with Gasteiger partial charge in [-0.3, -0.25) is 0 Å². The predicted molar refractivity (Wildman–Crippen MR) is 160 cm³/mol. The molecule has 0 saturated heterocycles. The number of aromatic nitrogens is 5. The number of urea groups is 1. The number of nitrogens with zero attached hydrogens (tertiary/aromatic N) is 7. The highest BCUT2D eigenvalue weighted by Crippen LogP contribution is 2.37. The summed E-state index contributed by atoms with van der Waals surface area (Å²) in [5.74, 6) is -2.03. The van der Waals surface area contributed by atoms with Crippen LogP contribution in [-0.2, 0) is 16.2 Å². The van der Waals surface area contributed by atoms with E-state index in [0.717, 1.165) is 0 Å². The zero-order valence-corrected chi connectivity index (χ0v) is 24.5. The minimum Gasteiger partial charge on any atom is -0.490 e. The van der Waals surface area contributed by atoms with E-state index in [-0.39, 0.29) is 62.7 Å². The molecule has 15 nitrogen and oxygen atoms in total. The number of nitrogen functional groups attached to an aromatic ring is 1. The molecular weight excluding hydrogens is 625 g/mol. The first-order chi connectivity index (χ1) is 22.5. The number of nitrogens with one attached hydrogen (secondary N) is 1. The van der Waals surface area contributed by atoms with Gasteiger partial charge in [0.05, 0.1) is 35.8 Å². The van der Waals surface area contributed by atoms with Crippen LogP contribution in [0.2, 0.25) is 0 Å². The average Bonchev–Trinajstić information content (AvgIpc) is 3.66. The average molecular weight is 651 g/mol. The van der Waals surface area contributed by atoms with Gasteiger partial charge in [0.15, 0.2) is 23.1 Å². The molecule has 2 amide bonds. The fourth-order valence-electron chi connectivity index (χ4n) is 4.46.